The first-order chi connectivity index (χ1) is 6.28. The number of hydrogen-bond donors (Lipinski definition) is 0. The molecule has 1 nitrogen and oxygen atoms in total. The van der Waals surface area contributed by atoms with Crippen LogP contribution in [-0.2, 0) is 0 Å². The van der Waals surface area contributed by atoms with Crippen LogP contribution in [0.15, 0.2) is 0 Å². The number of hydrogen-bond acceptors (Lipinski definition) is 1. The zero-order chi connectivity index (χ0) is 10.1. The molecule has 2 heteroatoms. The first-order valence-corrected chi connectivity index (χ1v) is 11.1. The predicted molar refractivity (Wildman–Crippen MR) is 63.9 cm³/mol. The first-order valence-electron chi connectivity index (χ1n) is 6.00. The summed E-state index contributed by atoms with van der Waals surface area (Å²) in [5.41, 5.74) is 0. The first kappa shape index (κ1) is 13.6. The Morgan fingerprint density at radius 1 is 0.923 bits per heavy atom. The molecule has 0 aromatic carbocycles. The van der Waals surface area contributed by atoms with Crippen molar-refractivity contribution in [2.24, 2.45) is 0 Å². The van der Waals surface area contributed by atoms with E-state index in [9.17, 15) is 0 Å². The van der Waals surface area contributed by atoms with Crippen molar-refractivity contribution in [1.29, 1.82) is 0 Å². The van der Waals surface area contributed by atoms with Crippen LogP contribution in [0.5, 0.6) is 0 Å². The number of rotatable bonds is 8. The van der Waals surface area contributed by atoms with Crippen molar-refractivity contribution < 1.29 is 0 Å². The Balaban J connectivity index is 3.41. The van der Waals surface area contributed by atoms with Crippen LogP contribution in [-0.4, -0.2) is 40.8 Å². The van der Waals surface area contributed by atoms with Gasteiger partial charge in [0.05, 0.1) is 0 Å². The fourth-order valence-corrected chi connectivity index (χ4v) is 6.36. The van der Waals surface area contributed by atoms with E-state index in [-0.39, 0.29) is 0 Å². The summed E-state index contributed by atoms with van der Waals surface area (Å²) >= 11 is -0.744. The van der Waals surface area contributed by atoms with Gasteiger partial charge in [-0.3, -0.25) is 0 Å². The Kier molecular flexibility index (Phi) is 9.58. The predicted octanol–water partition coefficient (Wildman–Crippen LogP) is 3.25. The van der Waals surface area contributed by atoms with Crippen molar-refractivity contribution in [1.82, 2.24) is 4.90 Å². The van der Waals surface area contributed by atoms with Gasteiger partial charge in [0.15, 0.2) is 0 Å². The van der Waals surface area contributed by atoms with Gasteiger partial charge in [-0.25, -0.2) is 0 Å². The normalized spacial score (nSPS) is 10.8. The molecule has 0 aromatic rings. The molecule has 0 aliphatic rings. The van der Waals surface area contributed by atoms with Gasteiger partial charge >= 0.3 is 89.8 Å². The third kappa shape index (κ3) is 6.64. The summed E-state index contributed by atoms with van der Waals surface area (Å²) in [6.07, 6.45) is 1.47. The molecule has 0 fully saturated rings. The van der Waals surface area contributed by atoms with Crippen molar-refractivity contribution in [3.8, 4) is 0 Å². The van der Waals surface area contributed by atoms with Crippen LogP contribution < -0.4 is 0 Å². The second kappa shape index (κ2) is 9.16. The standard InChI is InChI=1S/C7H16N.2C2H5.Ga/c1-4-7-8(5-2)6-3;2*1-2;/h1,4-7H2,2-3H3;2*1H2,2H3;. The molecule has 0 amide bonds. The van der Waals surface area contributed by atoms with Crippen LogP contribution >= 0.6 is 0 Å². The molecule has 0 rings (SSSR count). The molecule has 0 saturated carbocycles. The fraction of sp³-hybridized carbons (Fsp3) is 1.00. The van der Waals surface area contributed by atoms with Gasteiger partial charge in [-0.05, 0) is 0 Å². The summed E-state index contributed by atoms with van der Waals surface area (Å²) in [6, 6.07) is 0. The summed E-state index contributed by atoms with van der Waals surface area (Å²) in [5, 5.41) is 0. The molecule has 78 valence electrons. The van der Waals surface area contributed by atoms with Crippen molar-refractivity contribution in [2.75, 3.05) is 19.6 Å². The molecule has 0 saturated heterocycles. The second-order valence-corrected chi connectivity index (χ2v) is 12.1. The Bertz CT molecular complexity index is 86.3. The van der Waals surface area contributed by atoms with E-state index in [2.05, 4.69) is 32.6 Å². The van der Waals surface area contributed by atoms with E-state index in [4.69, 9.17) is 0 Å². The van der Waals surface area contributed by atoms with Crippen LogP contribution in [0.3, 0.4) is 0 Å². The average molecular weight is 242 g/mol. The molecule has 0 radical (unpaired) electrons. The molecular formula is C11H26GaN. The Morgan fingerprint density at radius 2 is 1.46 bits per heavy atom. The minimum atomic E-state index is -0.744. The number of nitrogens with zero attached hydrogens (tertiary/aromatic N) is 1. The summed E-state index contributed by atoms with van der Waals surface area (Å²) in [6.45, 7) is 13.1. The quantitative estimate of drug-likeness (QED) is 0.590. The molecule has 0 atom stereocenters. The van der Waals surface area contributed by atoms with Crippen molar-refractivity contribution >= 4 is 16.2 Å². The topological polar surface area (TPSA) is 3.24 Å². The monoisotopic (exact) mass is 241 g/mol. The van der Waals surface area contributed by atoms with Gasteiger partial charge in [0.1, 0.15) is 0 Å². The second-order valence-electron chi connectivity index (χ2n) is 3.85. The maximum atomic E-state index is 2.55. The molecule has 0 aromatic heterocycles. The molecule has 0 aliphatic carbocycles. The summed E-state index contributed by atoms with van der Waals surface area (Å²) in [4.78, 5) is 7.24. The molecular weight excluding hydrogens is 216 g/mol. The van der Waals surface area contributed by atoms with Crippen molar-refractivity contribution in [3.05, 3.63) is 0 Å². The Morgan fingerprint density at radius 3 is 1.85 bits per heavy atom. The summed E-state index contributed by atoms with van der Waals surface area (Å²) in [5.74, 6) is 0. The van der Waals surface area contributed by atoms with E-state index in [1.54, 1.807) is 14.9 Å². The van der Waals surface area contributed by atoms with E-state index in [0.717, 1.165) is 0 Å². The van der Waals surface area contributed by atoms with Crippen molar-refractivity contribution in [3.63, 3.8) is 0 Å². The van der Waals surface area contributed by atoms with Gasteiger partial charge in [-0.15, -0.1) is 0 Å². The van der Waals surface area contributed by atoms with E-state index in [0.29, 0.717) is 0 Å². The van der Waals surface area contributed by atoms with Gasteiger partial charge in [0.2, 0.25) is 0 Å². The zero-order valence-electron chi connectivity index (χ0n) is 9.97. The Hall–Kier alpha value is 0.596. The van der Waals surface area contributed by atoms with Crippen molar-refractivity contribution in [2.45, 2.75) is 49.0 Å². The molecule has 0 unspecified atom stereocenters. The van der Waals surface area contributed by atoms with E-state index < -0.39 is 16.2 Å². The van der Waals surface area contributed by atoms with Crippen LogP contribution in [0.2, 0.25) is 14.9 Å². The SMILES string of the molecule is CCN(CC)CC[CH2][Ga]([CH2]C)[CH2]C. The maximum absolute atomic E-state index is 2.55. The van der Waals surface area contributed by atoms with E-state index in [1.165, 1.54) is 26.1 Å². The van der Waals surface area contributed by atoms with Crippen LogP contribution in [0, 0.1) is 0 Å². The van der Waals surface area contributed by atoms with Gasteiger partial charge in [-0.2, -0.15) is 0 Å². The van der Waals surface area contributed by atoms with Gasteiger partial charge < -0.3 is 0 Å². The summed E-state index contributed by atoms with van der Waals surface area (Å²) in [7, 11) is 0. The summed E-state index contributed by atoms with van der Waals surface area (Å²) < 4.78 is 0. The average Bonchev–Trinajstić information content (AvgIpc) is 2.19. The van der Waals surface area contributed by atoms with Gasteiger partial charge in [0.25, 0.3) is 0 Å². The third-order valence-electron chi connectivity index (χ3n) is 3.14. The zero-order valence-corrected chi connectivity index (χ0v) is 12.4. The molecule has 0 N–H and O–H groups in total. The Labute approximate surface area is 89.9 Å². The molecule has 0 heterocycles. The molecule has 0 spiro atoms. The van der Waals surface area contributed by atoms with Crippen LogP contribution in [0.4, 0.5) is 0 Å². The van der Waals surface area contributed by atoms with Gasteiger partial charge in [-0.1, -0.05) is 0 Å². The molecule has 0 aliphatic heterocycles. The van der Waals surface area contributed by atoms with Gasteiger partial charge in [0, 0.05) is 0 Å². The van der Waals surface area contributed by atoms with Crippen LogP contribution in [0.25, 0.3) is 0 Å². The minimum absolute atomic E-state index is 0.744. The molecule has 13 heavy (non-hydrogen) atoms. The van der Waals surface area contributed by atoms with E-state index >= 15 is 0 Å². The van der Waals surface area contributed by atoms with E-state index in [1.807, 2.05) is 0 Å². The third-order valence-corrected chi connectivity index (χ3v) is 10.6. The molecule has 0 bridgehead atoms. The fourth-order valence-electron chi connectivity index (χ4n) is 1.84. The van der Waals surface area contributed by atoms with Crippen LogP contribution in [0.1, 0.15) is 34.1 Å².